The van der Waals surface area contributed by atoms with Crippen LogP contribution in [0.5, 0.6) is 5.75 Å². The number of carbonyl (C=O) groups is 5. The average molecular weight is 751 g/mol. The second kappa shape index (κ2) is 17.1. The summed E-state index contributed by atoms with van der Waals surface area (Å²) in [6.45, 7) is 16.2. The quantitative estimate of drug-likeness (QED) is 0.0915. The molecule has 286 valence electrons. The van der Waals surface area contributed by atoms with E-state index in [1.807, 2.05) is 4.72 Å². The Morgan fingerprint density at radius 3 is 1.88 bits per heavy atom. The highest BCUT2D eigenvalue weighted by Gasteiger charge is 2.37. The SMILES string of the molecule is CC(=O)C[C@H](NS(=O)(=O)N(Cc1ccc(OC(=O)c2ccc(N=C(C)NC(=O)OC(C)(C)C)cc2)c(F)c1)C(=O)OC(C)(C)C)C(=O)OC(C)(C)C. The fourth-order valence-electron chi connectivity index (χ4n) is 4.03. The van der Waals surface area contributed by atoms with Crippen LogP contribution in [-0.4, -0.2) is 71.3 Å². The van der Waals surface area contributed by atoms with Crippen LogP contribution in [0.15, 0.2) is 47.5 Å². The molecular weight excluding hydrogens is 703 g/mol. The average Bonchev–Trinajstić information content (AvgIpc) is 2.93. The molecule has 1 atom stereocenters. The van der Waals surface area contributed by atoms with Crippen molar-refractivity contribution < 1.29 is 55.7 Å². The summed E-state index contributed by atoms with van der Waals surface area (Å²) in [6.07, 6.45) is -2.62. The van der Waals surface area contributed by atoms with Crippen LogP contribution in [0.3, 0.4) is 0 Å². The summed E-state index contributed by atoms with van der Waals surface area (Å²) in [5.41, 5.74) is -2.51. The van der Waals surface area contributed by atoms with Crippen molar-refractivity contribution in [1.82, 2.24) is 14.3 Å². The van der Waals surface area contributed by atoms with Crippen molar-refractivity contribution in [1.29, 1.82) is 0 Å². The third-order valence-electron chi connectivity index (χ3n) is 5.97. The number of rotatable bonds is 11. The van der Waals surface area contributed by atoms with Crippen molar-refractivity contribution >= 4 is 51.6 Å². The first-order valence-electron chi connectivity index (χ1n) is 16.1. The van der Waals surface area contributed by atoms with Crippen LogP contribution in [0, 0.1) is 5.82 Å². The lowest BCUT2D eigenvalue weighted by molar-refractivity contribution is -0.157. The van der Waals surface area contributed by atoms with E-state index in [0.717, 1.165) is 19.1 Å². The molecule has 2 aromatic carbocycles. The van der Waals surface area contributed by atoms with Crippen LogP contribution < -0.4 is 14.8 Å². The lowest BCUT2D eigenvalue weighted by Crippen LogP contribution is -2.52. The van der Waals surface area contributed by atoms with Crippen LogP contribution in [0.1, 0.15) is 98.5 Å². The van der Waals surface area contributed by atoms with E-state index in [1.165, 1.54) is 51.1 Å². The molecule has 17 heteroatoms. The molecule has 0 bridgehead atoms. The van der Waals surface area contributed by atoms with Gasteiger partial charge in [-0.2, -0.15) is 17.4 Å². The number of carbonyl (C=O) groups excluding carboxylic acids is 5. The third-order valence-corrected chi connectivity index (χ3v) is 7.41. The van der Waals surface area contributed by atoms with Gasteiger partial charge < -0.3 is 18.9 Å². The summed E-state index contributed by atoms with van der Waals surface area (Å²) in [4.78, 5) is 66.8. The molecule has 2 rings (SSSR count). The normalized spacial score (nSPS) is 13.0. The number of esters is 2. The highest BCUT2D eigenvalue weighted by atomic mass is 32.2. The van der Waals surface area contributed by atoms with Crippen LogP contribution in [-0.2, 0) is 40.6 Å². The second-order valence-electron chi connectivity index (χ2n) is 14.6. The molecule has 0 saturated carbocycles. The predicted molar refractivity (Wildman–Crippen MR) is 189 cm³/mol. The van der Waals surface area contributed by atoms with Gasteiger partial charge in [0, 0.05) is 6.42 Å². The minimum Gasteiger partial charge on any atom is -0.459 e. The molecule has 2 amide bonds. The number of aliphatic imine (C=N–C) groups is 1. The van der Waals surface area contributed by atoms with E-state index in [1.54, 1.807) is 48.5 Å². The number of ketones is 1. The molecule has 0 saturated heterocycles. The summed E-state index contributed by atoms with van der Waals surface area (Å²) >= 11 is 0. The smallest absolute Gasteiger partial charge is 0.425 e. The highest BCUT2D eigenvalue weighted by Crippen LogP contribution is 2.24. The summed E-state index contributed by atoms with van der Waals surface area (Å²) in [6, 6.07) is 7.15. The van der Waals surface area contributed by atoms with Gasteiger partial charge in [0.2, 0.25) is 0 Å². The summed E-state index contributed by atoms with van der Waals surface area (Å²) in [5.74, 6) is -3.84. The Morgan fingerprint density at radius 1 is 0.827 bits per heavy atom. The van der Waals surface area contributed by atoms with Crippen molar-refractivity contribution in [3.05, 3.63) is 59.4 Å². The molecule has 0 aliphatic heterocycles. The van der Waals surface area contributed by atoms with Crippen molar-refractivity contribution in [3.63, 3.8) is 0 Å². The topological polar surface area (TPSA) is 196 Å². The maximum absolute atomic E-state index is 15.2. The van der Waals surface area contributed by atoms with Crippen molar-refractivity contribution in [3.8, 4) is 5.75 Å². The minimum absolute atomic E-state index is 0.0403. The van der Waals surface area contributed by atoms with Gasteiger partial charge in [0.15, 0.2) is 11.6 Å². The van der Waals surface area contributed by atoms with Gasteiger partial charge in [-0.15, -0.1) is 0 Å². The van der Waals surface area contributed by atoms with E-state index in [9.17, 15) is 32.4 Å². The number of hydrogen-bond acceptors (Lipinski definition) is 12. The maximum atomic E-state index is 15.2. The Balaban J connectivity index is 2.28. The van der Waals surface area contributed by atoms with Gasteiger partial charge in [-0.25, -0.2) is 23.8 Å². The molecule has 0 unspecified atom stereocenters. The number of Topliss-reactive ketones (excluding diaryl/α,β-unsaturated/α-hetero) is 1. The number of amidine groups is 1. The largest absolute Gasteiger partial charge is 0.459 e. The molecule has 15 nitrogen and oxygen atoms in total. The van der Waals surface area contributed by atoms with E-state index >= 15 is 4.39 Å². The number of nitrogens with zero attached hydrogens (tertiary/aromatic N) is 2. The van der Waals surface area contributed by atoms with Crippen molar-refractivity contribution in [2.24, 2.45) is 4.99 Å². The van der Waals surface area contributed by atoms with Gasteiger partial charge >= 0.3 is 34.3 Å². The summed E-state index contributed by atoms with van der Waals surface area (Å²) in [5, 5.41) is 2.49. The molecule has 0 aliphatic rings. The molecule has 0 fully saturated rings. The Bertz CT molecular complexity index is 1790. The summed E-state index contributed by atoms with van der Waals surface area (Å²) in [7, 11) is -4.93. The Kier molecular flexibility index (Phi) is 14.2. The lowest BCUT2D eigenvalue weighted by atomic mass is 10.1. The third kappa shape index (κ3) is 15.1. The van der Waals surface area contributed by atoms with Crippen LogP contribution in [0.2, 0.25) is 0 Å². The summed E-state index contributed by atoms with van der Waals surface area (Å²) < 4.78 is 65.5. The van der Waals surface area contributed by atoms with Gasteiger partial charge in [0.25, 0.3) is 0 Å². The van der Waals surface area contributed by atoms with Gasteiger partial charge in [-0.05, 0) is 118 Å². The zero-order valence-electron chi connectivity index (χ0n) is 31.2. The molecule has 2 aromatic rings. The number of nitrogens with one attached hydrogen (secondary N) is 2. The zero-order chi connectivity index (χ0) is 39.8. The number of benzene rings is 2. The first-order chi connectivity index (χ1) is 23.6. The zero-order valence-corrected chi connectivity index (χ0v) is 32.0. The van der Waals surface area contributed by atoms with Gasteiger partial charge in [-0.1, -0.05) is 6.07 Å². The molecule has 2 N–H and O–H groups in total. The first kappa shape index (κ1) is 43.3. The predicted octanol–water partition coefficient (Wildman–Crippen LogP) is 5.88. The molecule has 0 aliphatic carbocycles. The number of ether oxygens (including phenoxy) is 4. The van der Waals surface area contributed by atoms with E-state index in [-0.39, 0.29) is 21.3 Å². The van der Waals surface area contributed by atoms with Crippen molar-refractivity contribution in [2.45, 2.75) is 112 Å². The number of hydrogen-bond donors (Lipinski definition) is 2. The molecule has 0 heterocycles. The molecular formula is C35H47FN4O11S. The number of halogens is 1. The van der Waals surface area contributed by atoms with Gasteiger partial charge in [0.05, 0.1) is 17.8 Å². The second-order valence-corrected chi connectivity index (χ2v) is 16.3. The van der Waals surface area contributed by atoms with E-state index in [0.29, 0.717) is 5.69 Å². The molecule has 0 aromatic heterocycles. The Labute approximate surface area is 303 Å². The van der Waals surface area contributed by atoms with E-state index in [2.05, 4.69) is 10.3 Å². The van der Waals surface area contributed by atoms with Crippen molar-refractivity contribution in [2.75, 3.05) is 0 Å². The Morgan fingerprint density at radius 2 is 1.38 bits per heavy atom. The fraction of sp³-hybridized carbons (Fsp3) is 0.486. The molecule has 52 heavy (non-hydrogen) atoms. The van der Waals surface area contributed by atoms with Crippen LogP contribution in [0.4, 0.5) is 19.7 Å². The standard InChI is InChI=1S/C35H47FN4O11S/c1-21(41)18-27(30(43)49-33(3,4)5)39-52(46,47)40(32(45)51-35(9,10)11)20-23-12-17-28(26(36)19-23)48-29(42)24-13-15-25(16-14-24)37-22(2)38-31(44)50-34(6,7)8/h12-17,19,27,39H,18,20H2,1-11H3,(H,37,38,44)/t27-/m0/s1. The van der Waals surface area contributed by atoms with Gasteiger partial charge in [0.1, 0.15) is 34.5 Å². The maximum Gasteiger partial charge on any atom is 0.425 e. The van der Waals surface area contributed by atoms with Crippen LogP contribution in [0.25, 0.3) is 0 Å². The molecule has 0 radical (unpaired) electrons. The minimum atomic E-state index is -4.93. The van der Waals surface area contributed by atoms with Gasteiger partial charge in [-0.3, -0.25) is 14.9 Å². The molecule has 0 spiro atoms. The first-order valence-corrected chi connectivity index (χ1v) is 17.5. The number of amides is 2. The van der Waals surface area contributed by atoms with Crippen LogP contribution >= 0.6 is 0 Å². The fourth-order valence-corrected chi connectivity index (χ4v) is 5.25. The Hall–Kier alpha value is -4.90. The lowest BCUT2D eigenvalue weighted by Gasteiger charge is -2.29. The monoisotopic (exact) mass is 750 g/mol. The number of alkyl carbamates (subject to hydrolysis) is 1. The van der Waals surface area contributed by atoms with E-state index in [4.69, 9.17) is 18.9 Å². The highest BCUT2D eigenvalue weighted by molar-refractivity contribution is 7.87. The van der Waals surface area contributed by atoms with E-state index < -0.39 is 87.5 Å².